The maximum Gasteiger partial charge on any atom is 0.166 e. The Morgan fingerprint density at radius 2 is 2.00 bits per heavy atom. The summed E-state index contributed by atoms with van der Waals surface area (Å²) in [7, 11) is 0. The molecular weight excluding hydrogens is 186 g/mol. The molecule has 78 valence electrons. The van der Waals surface area contributed by atoms with Gasteiger partial charge in [-0.15, -0.1) is 0 Å². The quantitative estimate of drug-likeness (QED) is 0.702. The fraction of sp³-hybridized carbons (Fsp3) is 0.385. The average molecular weight is 201 g/mol. The third-order valence-electron chi connectivity index (χ3n) is 2.54. The fourth-order valence-corrected chi connectivity index (χ4v) is 1.49. The van der Waals surface area contributed by atoms with Crippen molar-refractivity contribution in [2.75, 3.05) is 0 Å². The monoisotopic (exact) mass is 201 g/mol. The average Bonchev–Trinajstić information content (AvgIpc) is 2.26. The first kappa shape index (κ1) is 11.5. The summed E-state index contributed by atoms with van der Waals surface area (Å²) in [5.41, 5.74) is 1.85. The molecule has 0 N–H and O–H groups in total. The highest BCUT2D eigenvalue weighted by molar-refractivity contribution is 5.97. The first-order chi connectivity index (χ1) is 7.19. The van der Waals surface area contributed by atoms with E-state index >= 15 is 0 Å². The molecule has 0 aliphatic heterocycles. The van der Waals surface area contributed by atoms with Gasteiger partial charge in [0.25, 0.3) is 0 Å². The molecule has 0 bridgehead atoms. The molecule has 1 atom stereocenters. The second-order valence-electron chi connectivity index (χ2n) is 3.70. The number of carbonyl (C=O) groups excluding carboxylic acids is 1. The number of hydrogen-bond donors (Lipinski definition) is 0. The van der Waals surface area contributed by atoms with Crippen molar-refractivity contribution in [3.8, 4) is 6.07 Å². The first-order valence-electron chi connectivity index (χ1n) is 5.16. The van der Waals surface area contributed by atoms with Gasteiger partial charge in [-0.3, -0.25) is 4.79 Å². The molecule has 2 nitrogen and oxygen atoms in total. The van der Waals surface area contributed by atoms with Gasteiger partial charge in [0.2, 0.25) is 0 Å². The van der Waals surface area contributed by atoms with E-state index in [9.17, 15) is 4.79 Å². The lowest BCUT2D eigenvalue weighted by Gasteiger charge is -2.09. The van der Waals surface area contributed by atoms with E-state index in [1.807, 2.05) is 38.1 Å². The Balaban J connectivity index is 2.84. The highest BCUT2D eigenvalue weighted by atomic mass is 16.1. The van der Waals surface area contributed by atoms with Crippen molar-refractivity contribution in [1.82, 2.24) is 0 Å². The molecular formula is C13H15NO. The van der Waals surface area contributed by atoms with Crippen molar-refractivity contribution in [2.24, 2.45) is 5.92 Å². The van der Waals surface area contributed by atoms with Crippen LogP contribution in [0.4, 0.5) is 0 Å². The van der Waals surface area contributed by atoms with Crippen LogP contribution in [-0.2, 0) is 0 Å². The van der Waals surface area contributed by atoms with Gasteiger partial charge in [-0.25, -0.2) is 0 Å². The third-order valence-corrected chi connectivity index (χ3v) is 2.54. The summed E-state index contributed by atoms with van der Waals surface area (Å²) in [6, 6.07) is 9.57. The lowest BCUT2D eigenvalue weighted by molar-refractivity contribution is 0.0918. The smallest absolute Gasteiger partial charge is 0.166 e. The van der Waals surface area contributed by atoms with E-state index in [0.29, 0.717) is 12.0 Å². The Morgan fingerprint density at radius 3 is 2.47 bits per heavy atom. The van der Waals surface area contributed by atoms with Crippen LogP contribution in [0.3, 0.4) is 0 Å². The summed E-state index contributed by atoms with van der Waals surface area (Å²) in [6.45, 7) is 3.93. The number of rotatable bonds is 4. The molecule has 2 heteroatoms. The molecule has 1 aromatic carbocycles. The molecule has 0 aliphatic carbocycles. The minimum atomic E-state index is -0.155. The Kier molecular flexibility index (Phi) is 4.05. The van der Waals surface area contributed by atoms with Gasteiger partial charge in [-0.1, -0.05) is 36.8 Å². The molecule has 1 unspecified atom stereocenters. The van der Waals surface area contributed by atoms with E-state index in [4.69, 9.17) is 5.26 Å². The van der Waals surface area contributed by atoms with Crippen molar-refractivity contribution < 1.29 is 4.79 Å². The number of benzene rings is 1. The molecule has 0 saturated heterocycles. The standard InChI is InChI=1S/C13H15NO/c1-3-11(8-9-14)13(15)12-6-4-10(2)5-7-12/h4-7,11H,3,8H2,1-2H3. The Morgan fingerprint density at radius 1 is 1.40 bits per heavy atom. The van der Waals surface area contributed by atoms with E-state index in [1.54, 1.807) is 0 Å². The number of carbonyl (C=O) groups is 1. The SMILES string of the molecule is CCC(CC#N)C(=O)c1ccc(C)cc1. The van der Waals surface area contributed by atoms with Gasteiger partial charge in [-0.05, 0) is 13.3 Å². The van der Waals surface area contributed by atoms with E-state index < -0.39 is 0 Å². The van der Waals surface area contributed by atoms with Crippen molar-refractivity contribution >= 4 is 5.78 Å². The predicted molar refractivity (Wildman–Crippen MR) is 59.5 cm³/mol. The van der Waals surface area contributed by atoms with E-state index in [0.717, 1.165) is 12.0 Å². The highest BCUT2D eigenvalue weighted by Crippen LogP contribution is 2.16. The summed E-state index contributed by atoms with van der Waals surface area (Å²) in [5, 5.41) is 8.61. The molecule has 0 fully saturated rings. The summed E-state index contributed by atoms with van der Waals surface area (Å²) < 4.78 is 0. The van der Waals surface area contributed by atoms with Crippen LogP contribution >= 0.6 is 0 Å². The van der Waals surface area contributed by atoms with Crippen LogP contribution in [0.2, 0.25) is 0 Å². The molecule has 0 aliphatic rings. The molecule has 0 saturated carbocycles. The zero-order chi connectivity index (χ0) is 11.3. The number of Topliss-reactive ketones (excluding diaryl/α,β-unsaturated/α-hetero) is 1. The van der Waals surface area contributed by atoms with E-state index in [-0.39, 0.29) is 11.7 Å². The van der Waals surface area contributed by atoms with Gasteiger partial charge in [0.1, 0.15) is 0 Å². The zero-order valence-electron chi connectivity index (χ0n) is 9.16. The Labute approximate surface area is 90.5 Å². The Bertz CT molecular complexity index is 373. The van der Waals surface area contributed by atoms with Crippen LogP contribution < -0.4 is 0 Å². The van der Waals surface area contributed by atoms with E-state index in [2.05, 4.69) is 6.07 Å². The van der Waals surface area contributed by atoms with Gasteiger partial charge in [0.15, 0.2) is 5.78 Å². The first-order valence-corrected chi connectivity index (χ1v) is 5.16. The predicted octanol–water partition coefficient (Wildman–Crippen LogP) is 3.12. The third kappa shape index (κ3) is 2.92. The number of ketones is 1. The summed E-state index contributed by atoms with van der Waals surface area (Å²) in [4.78, 5) is 11.9. The highest BCUT2D eigenvalue weighted by Gasteiger charge is 2.17. The van der Waals surface area contributed by atoms with Crippen LogP contribution in [0, 0.1) is 24.2 Å². The molecule has 0 heterocycles. The summed E-state index contributed by atoms with van der Waals surface area (Å²) >= 11 is 0. The number of nitrogens with zero attached hydrogens (tertiary/aromatic N) is 1. The molecule has 0 spiro atoms. The van der Waals surface area contributed by atoms with Crippen molar-refractivity contribution in [3.63, 3.8) is 0 Å². The van der Waals surface area contributed by atoms with Crippen LogP contribution in [0.25, 0.3) is 0 Å². The van der Waals surface area contributed by atoms with Gasteiger partial charge in [-0.2, -0.15) is 5.26 Å². The van der Waals surface area contributed by atoms with E-state index in [1.165, 1.54) is 0 Å². The number of nitriles is 1. The second-order valence-corrected chi connectivity index (χ2v) is 3.70. The Hall–Kier alpha value is -1.62. The van der Waals surface area contributed by atoms with Crippen LogP contribution in [0.5, 0.6) is 0 Å². The van der Waals surface area contributed by atoms with Crippen molar-refractivity contribution in [3.05, 3.63) is 35.4 Å². The second kappa shape index (κ2) is 5.31. The lowest BCUT2D eigenvalue weighted by Crippen LogP contribution is -2.13. The molecule has 0 aromatic heterocycles. The maximum atomic E-state index is 11.9. The molecule has 1 aromatic rings. The van der Waals surface area contributed by atoms with Crippen molar-refractivity contribution in [1.29, 1.82) is 5.26 Å². The minimum Gasteiger partial charge on any atom is -0.294 e. The van der Waals surface area contributed by atoms with Gasteiger partial charge >= 0.3 is 0 Å². The van der Waals surface area contributed by atoms with Crippen molar-refractivity contribution in [2.45, 2.75) is 26.7 Å². The number of hydrogen-bond acceptors (Lipinski definition) is 2. The maximum absolute atomic E-state index is 11.9. The lowest BCUT2D eigenvalue weighted by atomic mass is 9.92. The largest absolute Gasteiger partial charge is 0.294 e. The zero-order valence-corrected chi connectivity index (χ0v) is 9.16. The van der Waals surface area contributed by atoms with Crippen LogP contribution in [0.15, 0.2) is 24.3 Å². The molecule has 15 heavy (non-hydrogen) atoms. The van der Waals surface area contributed by atoms with Gasteiger partial charge in [0, 0.05) is 17.9 Å². The van der Waals surface area contributed by atoms with Gasteiger partial charge < -0.3 is 0 Å². The van der Waals surface area contributed by atoms with Crippen LogP contribution in [0.1, 0.15) is 35.7 Å². The topological polar surface area (TPSA) is 40.9 Å². The minimum absolute atomic E-state index is 0.0825. The summed E-state index contributed by atoms with van der Waals surface area (Å²) in [6.07, 6.45) is 1.03. The normalized spacial score (nSPS) is 11.8. The molecule has 1 rings (SSSR count). The van der Waals surface area contributed by atoms with Gasteiger partial charge in [0.05, 0.1) is 6.07 Å². The fourth-order valence-electron chi connectivity index (χ4n) is 1.49. The number of aryl methyl sites for hydroxylation is 1. The molecule has 0 amide bonds. The molecule has 0 radical (unpaired) electrons. The van der Waals surface area contributed by atoms with Crippen LogP contribution in [-0.4, -0.2) is 5.78 Å². The summed E-state index contributed by atoms with van der Waals surface area (Å²) in [5.74, 6) is -0.0724.